The van der Waals surface area contributed by atoms with Crippen molar-refractivity contribution in [1.29, 1.82) is 0 Å². The predicted octanol–water partition coefficient (Wildman–Crippen LogP) is 5.46. The number of ether oxygens (including phenoxy) is 2. The Hall–Kier alpha value is -2.79. The van der Waals surface area contributed by atoms with Gasteiger partial charge in [-0.25, -0.2) is 0 Å². The fourth-order valence-corrected chi connectivity index (χ4v) is 3.34. The van der Waals surface area contributed by atoms with Crippen molar-refractivity contribution >= 4 is 17.7 Å². The average Bonchev–Trinajstić information content (AvgIpc) is 2.75. The summed E-state index contributed by atoms with van der Waals surface area (Å²) in [5, 5.41) is 2.90. The molecule has 2 aromatic carbocycles. The third kappa shape index (κ3) is 8.10. The van der Waals surface area contributed by atoms with Crippen LogP contribution in [0.2, 0.25) is 0 Å². The van der Waals surface area contributed by atoms with E-state index in [-0.39, 0.29) is 5.91 Å². The number of methoxy groups -OCH3 is 1. The Kier molecular flexibility index (Phi) is 10.1. The highest BCUT2D eigenvalue weighted by molar-refractivity contribution is 6.02. The van der Waals surface area contributed by atoms with E-state index in [1.165, 1.54) is 11.1 Å². The number of carbonyl (C=O) groups is 1. The summed E-state index contributed by atoms with van der Waals surface area (Å²) in [5.41, 5.74) is 4.11. The van der Waals surface area contributed by atoms with Gasteiger partial charge in [-0.3, -0.25) is 9.69 Å². The number of anilines is 1. The minimum absolute atomic E-state index is 0.189. The molecule has 0 atom stereocenters. The van der Waals surface area contributed by atoms with E-state index in [1.807, 2.05) is 30.3 Å². The van der Waals surface area contributed by atoms with Crippen molar-refractivity contribution < 1.29 is 14.3 Å². The molecular formula is C26H36N2O3. The Bertz CT molecular complexity index is 871. The Morgan fingerprint density at radius 1 is 0.968 bits per heavy atom. The number of aryl methyl sites for hydroxylation is 2. The van der Waals surface area contributed by atoms with E-state index in [0.717, 1.165) is 38.0 Å². The molecule has 0 aliphatic carbocycles. The van der Waals surface area contributed by atoms with Gasteiger partial charge < -0.3 is 14.8 Å². The normalized spacial score (nSPS) is 11.2. The molecule has 31 heavy (non-hydrogen) atoms. The molecule has 0 bridgehead atoms. The van der Waals surface area contributed by atoms with Crippen LogP contribution in [-0.2, 0) is 4.79 Å². The molecule has 5 nitrogen and oxygen atoms in total. The van der Waals surface area contributed by atoms with E-state index in [9.17, 15) is 4.79 Å². The van der Waals surface area contributed by atoms with Crippen LogP contribution in [0.25, 0.3) is 6.08 Å². The van der Waals surface area contributed by atoms with Crippen LogP contribution in [-0.4, -0.2) is 44.2 Å². The second-order valence-corrected chi connectivity index (χ2v) is 7.72. The molecule has 0 fully saturated rings. The van der Waals surface area contributed by atoms with Crippen molar-refractivity contribution in [1.82, 2.24) is 4.90 Å². The van der Waals surface area contributed by atoms with Gasteiger partial charge in [0.2, 0.25) is 5.91 Å². The summed E-state index contributed by atoms with van der Waals surface area (Å²) in [5.74, 6) is 1.10. The van der Waals surface area contributed by atoms with Crippen molar-refractivity contribution in [2.45, 2.75) is 40.5 Å². The largest absolute Gasteiger partial charge is 0.493 e. The molecule has 0 unspecified atom stereocenters. The molecule has 5 heteroatoms. The summed E-state index contributed by atoms with van der Waals surface area (Å²) in [4.78, 5) is 14.8. The Morgan fingerprint density at radius 2 is 1.71 bits per heavy atom. The smallest absolute Gasteiger partial charge is 0.248 e. The van der Waals surface area contributed by atoms with Crippen LogP contribution in [0.3, 0.4) is 0 Å². The maximum atomic E-state index is 12.4. The van der Waals surface area contributed by atoms with E-state index in [0.29, 0.717) is 23.8 Å². The Morgan fingerprint density at radius 3 is 2.35 bits per heavy atom. The van der Waals surface area contributed by atoms with Gasteiger partial charge in [0.05, 0.1) is 7.11 Å². The molecule has 0 spiro atoms. The van der Waals surface area contributed by atoms with Crippen molar-refractivity contribution in [3.8, 4) is 11.5 Å². The van der Waals surface area contributed by atoms with Crippen LogP contribution < -0.4 is 14.8 Å². The van der Waals surface area contributed by atoms with Gasteiger partial charge in [0, 0.05) is 24.4 Å². The SMILES string of the molecule is CCCN(CCC)CCOc1cc(NC(=O)C=Cc2ccc(C)c(C)c2)ccc1OC. The maximum Gasteiger partial charge on any atom is 0.248 e. The van der Waals surface area contributed by atoms with Crippen LogP contribution in [0.15, 0.2) is 42.5 Å². The number of nitrogens with one attached hydrogen (secondary N) is 1. The first kappa shape index (κ1) is 24.5. The molecule has 0 saturated heterocycles. The van der Waals surface area contributed by atoms with Gasteiger partial charge in [-0.05, 0) is 74.7 Å². The molecule has 0 radical (unpaired) electrons. The van der Waals surface area contributed by atoms with Gasteiger partial charge in [-0.2, -0.15) is 0 Å². The standard InChI is InChI=1S/C26H36N2O3/c1-6-14-28(15-7-2)16-17-31-25-19-23(11-12-24(25)30-5)27-26(29)13-10-22-9-8-20(3)21(4)18-22/h8-13,18-19H,6-7,14-17H2,1-5H3,(H,27,29). The van der Waals surface area contributed by atoms with Crippen molar-refractivity contribution in [2.24, 2.45) is 0 Å². The first-order chi connectivity index (χ1) is 15.0. The minimum atomic E-state index is -0.189. The molecule has 0 aromatic heterocycles. The quantitative estimate of drug-likeness (QED) is 0.459. The van der Waals surface area contributed by atoms with E-state index in [2.05, 4.69) is 50.0 Å². The van der Waals surface area contributed by atoms with Crippen LogP contribution in [0.4, 0.5) is 5.69 Å². The first-order valence-electron chi connectivity index (χ1n) is 11.1. The molecule has 0 heterocycles. The summed E-state index contributed by atoms with van der Waals surface area (Å²) in [6.45, 7) is 12.1. The number of carbonyl (C=O) groups excluding carboxylic acids is 1. The zero-order chi connectivity index (χ0) is 22.6. The molecular weight excluding hydrogens is 388 g/mol. The lowest BCUT2D eigenvalue weighted by atomic mass is 10.1. The number of nitrogens with zero attached hydrogens (tertiary/aromatic N) is 1. The molecule has 168 valence electrons. The van der Waals surface area contributed by atoms with E-state index in [1.54, 1.807) is 13.2 Å². The predicted molar refractivity (Wildman–Crippen MR) is 129 cm³/mol. The number of hydrogen-bond donors (Lipinski definition) is 1. The van der Waals surface area contributed by atoms with E-state index in [4.69, 9.17) is 9.47 Å². The average molecular weight is 425 g/mol. The van der Waals surface area contributed by atoms with Gasteiger partial charge in [0.25, 0.3) is 0 Å². The first-order valence-corrected chi connectivity index (χ1v) is 11.1. The van der Waals surface area contributed by atoms with Gasteiger partial charge >= 0.3 is 0 Å². The number of amides is 1. The summed E-state index contributed by atoms with van der Waals surface area (Å²) < 4.78 is 11.4. The van der Waals surface area contributed by atoms with Crippen LogP contribution >= 0.6 is 0 Å². The van der Waals surface area contributed by atoms with Crippen LogP contribution in [0.1, 0.15) is 43.4 Å². The minimum Gasteiger partial charge on any atom is -0.493 e. The van der Waals surface area contributed by atoms with E-state index >= 15 is 0 Å². The van der Waals surface area contributed by atoms with Gasteiger partial charge in [-0.15, -0.1) is 0 Å². The number of hydrogen-bond acceptors (Lipinski definition) is 4. The van der Waals surface area contributed by atoms with Crippen molar-refractivity contribution in [2.75, 3.05) is 38.7 Å². The lowest BCUT2D eigenvalue weighted by Crippen LogP contribution is -2.30. The Labute approximate surface area is 187 Å². The third-order valence-electron chi connectivity index (χ3n) is 5.13. The zero-order valence-corrected chi connectivity index (χ0v) is 19.5. The number of benzene rings is 2. The van der Waals surface area contributed by atoms with Crippen LogP contribution in [0.5, 0.6) is 11.5 Å². The maximum absolute atomic E-state index is 12.4. The summed E-state index contributed by atoms with van der Waals surface area (Å²) in [6.07, 6.45) is 5.61. The molecule has 0 saturated carbocycles. The van der Waals surface area contributed by atoms with Crippen molar-refractivity contribution in [3.63, 3.8) is 0 Å². The monoisotopic (exact) mass is 424 g/mol. The van der Waals surface area contributed by atoms with Gasteiger partial charge in [0.1, 0.15) is 6.61 Å². The molecule has 0 aliphatic heterocycles. The highest BCUT2D eigenvalue weighted by Crippen LogP contribution is 2.30. The van der Waals surface area contributed by atoms with E-state index < -0.39 is 0 Å². The molecule has 2 rings (SSSR count). The Balaban J connectivity index is 1.99. The second-order valence-electron chi connectivity index (χ2n) is 7.72. The lowest BCUT2D eigenvalue weighted by molar-refractivity contribution is -0.111. The van der Waals surface area contributed by atoms with Crippen LogP contribution in [0, 0.1) is 13.8 Å². The molecule has 2 aromatic rings. The fourth-order valence-electron chi connectivity index (χ4n) is 3.34. The summed E-state index contributed by atoms with van der Waals surface area (Å²) in [7, 11) is 1.62. The summed E-state index contributed by atoms with van der Waals surface area (Å²) >= 11 is 0. The molecule has 1 amide bonds. The van der Waals surface area contributed by atoms with Gasteiger partial charge in [-0.1, -0.05) is 32.0 Å². The zero-order valence-electron chi connectivity index (χ0n) is 19.5. The van der Waals surface area contributed by atoms with Crippen molar-refractivity contribution in [3.05, 3.63) is 59.2 Å². The lowest BCUT2D eigenvalue weighted by Gasteiger charge is -2.21. The molecule has 0 aliphatic rings. The van der Waals surface area contributed by atoms with Gasteiger partial charge in [0.15, 0.2) is 11.5 Å². The topological polar surface area (TPSA) is 50.8 Å². The highest BCUT2D eigenvalue weighted by atomic mass is 16.5. The second kappa shape index (κ2) is 12.8. The highest BCUT2D eigenvalue weighted by Gasteiger charge is 2.09. The third-order valence-corrected chi connectivity index (χ3v) is 5.13. The molecule has 1 N–H and O–H groups in total. The summed E-state index contributed by atoms with van der Waals surface area (Å²) in [6, 6.07) is 11.6. The number of rotatable bonds is 12. The fraction of sp³-hybridized carbons (Fsp3) is 0.423.